The average molecular weight is 638 g/mol. The summed E-state index contributed by atoms with van der Waals surface area (Å²) in [4.78, 5) is 41.1. The van der Waals surface area contributed by atoms with E-state index >= 15 is 0 Å². The topological polar surface area (TPSA) is 95.4 Å². The highest BCUT2D eigenvalue weighted by atomic mass is 35.5. The maximum absolute atomic E-state index is 13.9. The monoisotopic (exact) mass is 637 g/mol. The van der Waals surface area contributed by atoms with Crippen LogP contribution in [0.5, 0.6) is 0 Å². The molecule has 4 aliphatic rings. The van der Waals surface area contributed by atoms with Gasteiger partial charge in [0, 0.05) is 42.1 Å². The molecular weight excluding hydrogens is 598 g/mol. The summed E-state index contributed by atoms with van der Waals surface area (Å²) in [5.41, 5.74) is 6.09. The number of hydrogen-bond acceptors (Lipinski definition) is 6. The quantitative estimate of drug-likeness (QED) is 0.231. The molecule has 2 saturated carbocycles. The third-order valence-electron chi connectivity index (χ3n) is 10.5. The highest BCUT2D eigenvalue weighted by Crippen LogP contribution is 2.48. The lowest BCUT2D eigenvalue weighted by atomic mass is 9.82. The standard InChI is InChI=1S/C36H40ClN7O2/c1-36(2)27-11-7-21(15-31(27)44(35(36)46)25-17-24(18-25)42-13-5-4-6-14-42)29-19-30-32(43(20-39-30)23-9-10-23)33(41-29)40-22-8-12-28(37)26(16-22)34(45)38-3/h7-8,11-12,15-16,19-20,23-25H,4-6,9-10,13-14,17-18H2,1-3H3,(H,38,45)(H,40,41). The van der Waals surface area contributed by atoms with E-state index in [0.29, 0.717) is 34.2 Å². The summed E-state index contributed by atoms with van der Waals surface area (Å²) in [5, 5.41) is 6.53. The molecule has 1 saturated heterocycles. The van der Waals surface area contributed by atoms with E-state index in [0.717, 1.165) is 59.2 Å². The van der Waals surface area contributed by atoms with E-state index in [1.54, 1.807) is 19.2 Å². The second-order valence-electron chi connectivity index (χ2n) is 13.9. The number of fused-ring (bicyclic) bond motifs is 2. The van der Waals surface area contributed by atoms with Crippen molar-refractivity contribution in [2.24, 2.45) is 0 Å². The molecule has 8 rings (SSSR count). The summed E-state index contributed by atoms with van der Waals surface area (Å²) < 4.78 is 2.20. The van der Waals surface area contributed by atoms with E-state index in [-0.39, 0.29) is 17.9 Å². The number of benzene rings is 2. The lowest BCUT2D eigenvalue weighted by Crippen LogP contribution is -2.57. The number of likely N-dealkylation sites (tertiary alicyclic amines) is 1. The van der Waals surface area contributed by atoms with Crippen LogP contribution >= 0.6 is 11.6 Å². The van der Waals surface area contributed by atoms with Crippen molar-refractivity contribution in [1.82, 2.24) is 24.8 Å². The maximum Gasteiger partial charge on any atom is 0.252 e. The first-order chi connectivity index (χ1) is 22.2. The predicted octanol–water partition coefficient (Wildman–Crippen LogP) is 6.83. The Kier molecular flexibility index (Phi) is 7.10. The van der Waals surface area contributed by atoms with E-state index in [1.807, 2.05) is 32.3 Å². The van der Waals surface area contributed by atoms with Crippen LogP contribution < -0.4 is 15.5 Å². The highest BCUT2D eigenvalue weighted by Gasteiger charge is 2.50. The first kappa shape index (κ1) is 29.5. The number of halogens is 1. The highest BCUT2D eigenvalue weighted by molar-refractivity contribution is 6.34. The number of rotatable bonds is 7. The molecule has 2 aromatic heterocycles. The third kappa shape index (κ3) is 4.86. The number of hydrogen-bond donors (Lipinski definition) is 2. The van der Waals surface area contributed by atoms with Gasteiger partial charge in [0.15, 0.2) is 5.82 Å². The Morgan fingerprint density at radius 2 is 1.76 bits per heavy atom. The van der Waals surface area contributed by atoms with Crippen molar-refractivity contribution >= 4 is 51.6 Å². The molecule has 10 heteroatoms. The average Bonchev–Trinajstić information content (AvgIpc) is 3.76. The number of piperidine rings is 1. The Morgan fingerprint density at radius 3 is 2.50 bits per heavy atom. The molecule has 0 atom stereocenters. The van der Waals surface area contributed by atoms with Gasteiger partial charge in [0.1, 0.15) is 5.52 Å². The minimum atomic E-state index is -0.575. The van der Waals surface area contributed by atoms with E-state index < -0.39 is 5.41 Å². The van der Waals surface area contributed by atoms with Crippen LogP contribution in [-0.2, 0) is 10.2 Å². The summed E-state index contributed by atoms with van der Waals surface area (Å²) in [6.45, 7) is 6.46. The number of pyridine rings is 1. The van der Waals surface area contributed by atoms with Crippen molar-refractivity contribution < 1.29 is 9.59 Å². The van der Waals surface area contributed by atoms with Crippen LogP contribution in [0.3, 0.4) is 0 Å². The number of carbonyl (C=O) groups excluding carboxylic acids is 2. The largest absolute Gasteiger partial charge is 0.355 e. The number of carbonyl (C=O) groups is 2. The van der Waals surface area contributed by atoms with Crippen molar-refractivity contribution in [2.75, 3.05) is 30.4 Å². The van der Waals surface area contributed by atoms with Gasteiger partial charge in [-0.3, -0.25) is 9.59 Å². The van der Waals surface area contributed by atoms with Crippen LogP contribution in [0.2, 0.25) is 5.02 Å². The van der Waals surface area contributed by atoms with Crippen LogP contribution in [0.15, 0.2) is 48.8 Å². The number of imidazole rings is 1. The Balaban J connectivity index is 1.16. The molecule has 4 aromatic rings. The fraction of sp³-hybridized carbons (Fsp3) is 0.444. The Morgan fingerprint density at radius 1 is 0.978 bits per heavy atom. The normalized spacial score (nSPS) is 22.5. The second kappa shape index (κ2) is 11.1. The summed E-state index contributed by atoms with van der Waals surface area (Å²) in [7, 11) is 1.59. The molecular formula is C36H40ClN7O2. The van der Waals surface area contributed by atoms with Crippen LogP contribution in [0.1, 0.15) is 80.8 Å². The zero-order valence-electron chi connectivity index (χ0n) is 26.6. The fourth-order valence-electron chi connectivity index (χ4n) is 7.63. The van der Waals surface area contributed by atoms with Gasteiger partial charge in [-0.2, -0.15) is 0 Å². The van der Waals surface area contributed by atoms with Crippen molar-refractivity contribution in [1.29, 1.82) is 0 Å². The van der Waals surface area contributed by atoms with Gasteiger partial charge in [0.25, 0.3) is 5.91 Å². The molecule has 0 spiro atoms. The summed E-state index contributed by atoms with van der Waals surface area (Å²) >= 11 is 6.35. The molecule has 2 amide bonds. The van der Waals surface area contributed by atoms with Crippen LogP contribution in [0.4, 0.5) is 17.2 Å². The zero-order chi connectivity index (χ0) is 31.7. The number of anilines is 3. The molecule has 238 valence electrons. The van der Waals surface area contributed by atoms with E-state index in [9.17, 15) is 9.59 Å². The SMILES string of the molecule is CNC(=O)c1cc(Nc2nc(-c3ccc4c(c3)N(C3CC(N5CCCCC5)C3)C(=O)C4(C)C)cc3ncn(C4CC4)c23)ccc1Cl. The first-order valence-electron chi connectivity index (χ1n) is 16.6. The van der Waals surface area contributed by atoms with E-state index in [4.69, 9.17) is 21.6 Å². The smallest absolute Gasteiger partial charge is 0.252 e. The first-order valence-corrected chi connectivity index (χ1v) is 17.0. The minimum Gasteiger partial charge on any atom is -0.355 e. The van der Waals surface area contributed by atoms with Crippen molar-refractivity contribution in [2.45, 2.75) is 82.3 Å². The van der Waals surface area contributed by atoms with Crippen LogP contribution in [0, 0.1) is 0 Å². The van der Waals surface area contributed by atoms with Crippen LogP contribution in [0.25, 0.3) is 22.3 Å². The molecule has 4 heterocycles. The Hall–Kier alpha value is -3.95. The van der Waals surface area contributed by atoms with E-state index in [1.165, 1.54) is 32.4 Å². The molecule has 0 unspecified atom stereocenters. The van der Waals surface area contributed by atoms with Gasteiger partial charge in [0.05, 0.1) is 33.5 Å². The summed E-state index contributed by atoms with van der Waals surface area (Å²) in [6.07, 6.45) is 10.1. The predicted molar refractivity (Wildman–Crippen MR) is 182 cm³/mol. The lowest BCUT2D eigenvalue weighted by Gasteiger charge is -2.48. The molecule has 3 fully saturated rings. The number of amides is 2. The molecule has 46 heavy (non-hydrogen) atoms. The Bertz CT molecular complexity index is 1870. The third-order valence-corrected chi connectivity index (χ3v) is 10.9. The van der Waals surface area contributed by atoms with Crippen molar-refractivity contribution in [3.05, 3.63) is 64.9 Å². The van der Waals surface area contributed by atoms with Gasteiger partial charge >= 0.3 is 0 Å². The van der Waals surface area contributed by atoms with Gasteiger partial charge in [-0.25, -0.2) is 9.97 Å². The van der Waals surface area contributed by atoms with Crippen molar-refractivity contribution in [3.63, 3.8) is 0 Å². The fourth-order valence-corrected chi connectivity index (χ4v) is 7.83. The Labute approximate surface area is 274 Å². The molecule has 0 radical (unpaired) electrons. The lowest BCUT2D eigenvalue weighted by molar-refractivity contribution is -0.123. The number of nitrogens with one attached hydrogen (secondary N) is 2. The van der Waals surface area contributed by atoms with Gasteiger partial charge in [0.2, 0.25) is 5.91 Å². The van der Waals surface area contributed by atoms with Gasteiger partial charge in [-0.15, -0.1) is 0 Å². The molecule has 0 bridgehead atoms. The molecule has 2 aromatic carbocycles. The summed E-state index contributed by atoms with van der Waals surface area (Å²) in [5.74, 6) is 0.599. The number of nitrogens with zero attached hydrogens (tertiary/aromatic N) is 5. The van der Waals surface area contributed by atoms with E-state index in [2.05, 4.69) is 43.2 Å². The summed E-state index contributed by atoms with van der Waals surface area (Å²) in [6, 6.07) is 14.9. The molecule has 2 aliphatic heterocycles. The van der Waals surface area contributed by atoms with Gasteiger partial charge in [-0.1, -0.05) is 30.2 Å². The minimum absolute atomic E-state index is 0.186. The number of aromatic nitrogens is 3. The molecule has 9 nitrogen and oxygen atoms in total. The van der Waals surface area contributed by atoms with Gasteiger partial charge in [-0.05, 0) is 101 Å². The molecule has 2 N–H and O–H groups in total. The van der Waals surface area contributed by atoms with Gasteiger partial charge < -0.3 is 25.0 Å². The van der Waals surface area contributed by atoms with Crippen LogP contribution in [-0.4, -0.2) is 63.5 Å². The van der Waals surface area contributed by atoms with Crippen molar-refractivity contribution in [3.8, 4) is 11.3 Å². The second-order valence-corrected chi connectivity index (χ2v) is 14.3. The maximum atomic E-state index is 13.9. The molecule has 2 aliphatic carbocycles. The zero-order valence-corrected chi connectivity index (χ0v) is 27.4.